The van der Waals surface area contributed by atoms with E-state index in [1.54, 1.807) is 0 Å². The van der Waals surface area contributed by atoms with Gasteiger partial charge in [-0.3, -0.25) is 4.79 Å². The van der Waals surface area contributed by atoms with Gasteiger partial charge in [0.25, 0.3) is 5.91 Å². The van der Waals surface area contributed by atoms with Gasteiger partial charge in [-0.05, 0) is 43.0 Å². The van der Waals surface area contributed by atoms with Crippen molar-refractivity contribution in [2.75, 3.05) is 23.9 Å². The predicted molar refractivity (Wildman–Crippen MR) is 79.9 cm³/mol. The van der Waals surface area contributed by atoms with Gasteiger partial charge in [-0.15, -0.1) is 0 Å². The largest absolute Gasteiger partial charge is 0.482 e. The van der Waals surface area contributed by atoms with Crippen molar-refractivity contribution < 1.29 is 9.53 Å². The van der Waals surface area contributed by atoms with Gasteiger partial charge in [0.2, 0.25) is 0 Å². The third-order valence-electron chi connectivity index (χ3n) is 3.09. The molecule has 2 rings (SSSR count). The lowest BCUT2D eigenvalue weighted by molar-refractivity contribution is -0.118. The molecule has 1 aromatic carbocycles. The van der Waals surface area contributed by atoms with Crippen LogP contribution in [0.5, 0.6) is 5.75 Å². The number of benzene rings is 1. The lowest BCUT2D eigenvalue weighted by Gasteiger charge is -2.19. The Morgan fingerprint density at radius 3 is 3.16 bits per heavy atom. The molecule has 2 N–H and O–H groups in total. The molecule has 1 amide bonds. The minimum atomic E-state index is -0.0917. The van der Waals surface area contributed by atoms with Crippen LogP contribution in [0.15, 0.2) is 18.2 Å². The average molecular weight is 280 g/mol. The highest BCUT2D eigenvalue weighted by Gasteiger charge is 2.15. The lowest BCUT2D eigenvalue weighted by Crippen LogP contribution is -2.27. The first kappa shape index (κ1) is 14.2. The molecule has 0 fully saturated rings. The zero-order valence-corrected chi connectivity index (χ0v) is 12.2. The molecular formula is C14H20N2O2S. The molecule has 1 aromatic rings. The van der Waals surface area contributed by atoms with Crippen molar-refractivity contribution >= 4 is 23.4 Å². The Labute approximate surface area is 118 Å². The molecule has 0 radical (unpaired) electrons. The van der Waals surface area contributed by atoms with Crippen molar-refractivity contribution in [2.45, 2.75) is 25.9 Å². The van der Waals surface area contributed by atoms with Crippen molar-refractivity contribution in [1.82, 2.24) is 5.32 Å². The lowest BCUT2D eigenvalue weighted by atomic mass is 10.1. The highest BCUT2D eigenvalue weighted by Crippen LogP contribution is 2.28. The fourth-order valence-electron chi connectivity index (χ4n) is 1.93. The van der Waals surface area contributed by atoms with Gasteiger partial charge >= 0.3 is 0 Å². The normalized spacial score (nSPS) is 15.4. The summed E-state index contributed by atoms with van der Waals surface area (Å²) in [6, 6.07) is 6.42. The van der Waals surface area contributed by atoms with Crippen molar-refractivity contribution in [2.24, 2.45) is 0 Å². The van der Waals surface area contributed by atoms with Crippen LogP contribution >= 0.6 is 11.8 Å². The predicted octanol–water partition coefficient (Wildman–Crippen LogP) is 2.25. The van der Waals surface area contributed by atoms with Gasteiger partial charge in [0.15, 0.2) is 6.61 Å². The number of anilines is 1. The summed E-state index contributed by atoms with van der Waals surface area (Å²) >= 11 is 1.87. The molecule has 5 heteroatoms. The van der Waals surface area contributed by atoms with Crippen molar-refractivity contribution in [1.29, 1.82) is 0 Å². The van der Waals surface area contributed by atoms with Crippen molar-refractivity contribution in [3.63, 3.8) is 0 Å². The molecule has 104 valence electrons. The summed E-state index contributed by atoms with van der Waals surface area (Å²) in [5.41, 5.74) is 1.92. The molecule has 0 saturated carbocycles. The Balaban J connectivity index is 1.91. The maximum atomic E-state index is 11.3. The van der Waals surface area contributed by atoms with Crippen LogP contribution in [0.4, 0.5) is 5.69 Å². The number of rotatable bonds is 6. The number of amides is 1. The van der Waals surface area contributed by atoms with E-state index in [1.165, 1.54) is 5.75 Å². The third kappa shape index (κ3) is 4.14. The molecule has 0 aliphatic carbocycles. The van der Waals surface area contributed by atoms with E-state index in [2.05, 4.69) is 23.8 Å². The number of fused-ring (bicyclic) bond motifs is 1. The summed E-state index contributed by atoms with van der Waals surface area (Å²) in [5, 5.41) is 6.31. The third-order valence-corrected chi connectivity index (χ3v) is 3.73. The van der Waals surface area contributed by atoms with E-state index in [1.807, 2.05) is 30.0 Å². The fourth-order valence-corrected chi connectivity index (χ4v) is 2.52. The quantitative estimate of drug-likeness (QED) is 0.839. The van der Waals surface area contributed by atoms with E-state index in [0.29, 0.717) is 6.04 Å². The second-order valence-corrected chi connectivity index (χ2v) is 5.72. The van der Waals surface area contributed by atoms with Crippen molar-refractivity contribution in [3.05, 3.63) is 23.8 Å². The van der Waals surface area contributed by atoms with E-state index in [4.69, 9.17) is 4.74 Å². The van der Waals surface area contributed by atoms with Gasteiger partial charge in [-0.1, -0.05) is 6.07 Å². The number of thioether (sulfide) groups is 1. The monoisotopic (exact) mass is 280 g/mol. The Hall–Kier alpha value is -1.20. The number of hydrogen-bond donors (Lipinski definition) is 2. The molecule has 0 spiro atoms. The van der Waals surface area contributed by atoms with Gasteiger partial charge in [-0.2, -0.15) is 11.8 Å². The zero-order chi connectivity index (χ0) is 13.7. The summed E-state index contributed by atoms with van der Waals surface area (Å²) in [6.07, 6.45) is 3.28. The summed E-state index contributed by atoms with van der Waals surface area (Å²) in [7, 11) is 0. The van der Waals surface area contributed by atoms with Crippen LogP contribution in [0.1, 0.15) is 18.9 Å². The number of carbonyl (C=O) groups is 1. The smallest absolute Gasteiger partial charge is 0.262 e. The maximum Gasteiger partial charge on any atom is 0.262 e. The molecule has 0 bridgehead atoms. The minimum absolute atomic E-state index is 0.0917. The molecule has 1 unspecified atom stereocenters. The van der Waals surface area contributed by atoms with Gasteiger partial charge in [0, 0.05) is 12.6 Å². The highest BCUT2D eigenvalue weighted by molar-refractivity contribution is 7.98. The number of carbonyl (C=O) groups excluding carboxylic acids is 1. The average Bonchev–Trinajstić information content (AvgIpc) is 2.42. The minimum Gasteiger partial charge on any atom is -0.482 e. The van der Waals surface area contributed by atoms with E-state index >= 15 is 0 Å². The number of hydrogen-bond acceptors (Lipinski definition) is 4. The number of nitrogens with one attached hydrogen (secondary N) is 2. The molecule has 1 atom stereocenters. The van der Waals surface area contributed by atoms with Crippen LogP contribution in [0.25, 0.3) is 0 Å². The van der Waals surface area contributed by atoms with Crippen LogP contribution < -0.4 is 15.4 Å². The van der Waals surface area contributed by atoms with Crippen LogP contribution in [0.2, 0.25) is 0 Å². The first-order valence-corrected chi connectivity index (χ1v) is 7.86. The molecule has 19 heavy (non-hydrogen) atoms. The summed E-state index contributed by atoms with van der Waals surface area (Å²) < 4.78 is 5.33. The van der Waals surface area contributed by atoms with Gasteiger partial charge in [0.1, 0.15) is 5.75 Å². The molecule has 0 aromatic heterocycles. The number of ether oxygens (including phenoxy) is 1. The Kier molecular flexibility index (Phi) is 5.10. The molecule has 1 aliphatic rings. The first-order valence-electron chi connectivity index (χ1n) is 6.47. The van der Waals surface area contributed by atoms with E-state index < -0.39 is 0 Å². The molecule has 1 aliphatic heterocycles. The van der Waals surface area contributed by atoms with Gasteiger partial charge in [-0.25, -0.2) is 0 Å². The zero-order valence-electron chi connectivity index (χ0n) is 11.4. The van der Waals surface area contributed by atoms with Crippen LogP contribution in [0.3, 0.4) is 0 Å². The van der Waals surface area contributed by atoms with E-state index in [-0.39, 0.29) is 12.5 Å². The summed E-state index contributed by atoms with van der Waals surface area (Å²) in [6.45, 7) is 3.11. The molecule has 0 saturated heterocycles. The fraction of sp³-hybridized carbons (Fsp3) is 0.500. The topological polar surface area (TPSA) is 50.4 Å². The Morgan fingerprint density at radius 2 is 2.37 bits per heavy atom. The van der Waals surface area contributed by atoms with E-state index in [0.717, 1.165) is 30.0 Å². The van der Waals surface area contributed by atoms with Crippen molar-refractivity contribution in [3.8, 4) is 5.75 Å². The SMILES string of the molecule is CSCCC(C)NCc1ccc2c(c1)NC(=O)CO2. The Morgan fingerprint density at radius 1 is 1.53 bits per heavy atom. The maximum absolute atomic E-state index is 11.3. The molecule has 4 nitrogen and oxygen atoms in total. The first-order chi connectivity index (χ1) is 9.19. The summed E-state index contributed by atoms with van der Waals surface area (Å²) in [5.74, 6) is 1.83. The molecule has 1 heterocycles. The van der Waals surface area contributed by atoms with Crippen LogP contribution in [0, 0.1) is 0 Å². The van der Waals surface area contributed by atoms with E-state index in [9.17, 15) is 4.79 Å². The second kappa shape index (κ2) is 6.82. The van der Waals surface area contributed by atoms with Gasteiger partial charge in [0.05, 0.1) is 5.69 Å². The summed E-state index contributed by atoms with van der Waals surface area (Å²) in [4.78, 5) is 11.3. The van der Waals surface area contributed by atoms with Crippen LogP contribution in [-0.4, -0.2) is 30.6 Å². The second-order valence-electron chi connectivity index (χ2n) is 4.73. The van der Waals surface area contributed by atoms with Gasteiger partial charge < -0.3 is 15.4 Å². The standard InChI is InChI=1S/C14H20N2O2S/c1-10(5-6-19-2)15-8-11-3-4-13-12(7-11)16-14(17)9-18-13/h3-4,7,10,15H,5-6,8-9H2,1-2H3,(H,16,17). The Bertz CT molecular complexity index is 451. The highest BCUT2D eigenvalue weighted by atomic mass is 32.2. The molecular weight excluding hydrogens is 260 g/mol. The van der Waals surface area contributed by atoms with Crippen LogP contribution in [-0.2, 0) is 11.3 Å².